The molecule has 3 aromatic carbocycles. The number of ether oxygens (including phenoxy) is 3. The molecule has 218 valence electrons. The lowest BCUT2D eigenvalue weighted by Crippen LogP contribution is -2.60. The van der Waals surface area contributed by atoms with Crippen LogP contribution in [0.15, 0.2) is 54.6 Å². The number of Topliss-reactive ketones (excluding diaryl/α,β-unsaturated/α-hetero) is 1. The van der Waals surface area contributed by atoms with Crippen LogP contribution in [0.1, 0.15) is 32.7 Å². The van der Waals surface area contributed by atoms with E-state index < -0.39 is 66.3 Å². The molecule has 0 aromatic heterocycles. The lowest BCUT2D eigenvalue weighted by atomic mass is 9.99. The summed E-state index contributed by atoms with van der Waals surface area (Å²) in [6.45, 7) is -0.647. The Bertz CT molecular complexity index is 1380. The summed E-state index contributed by atoms with van der Waals surface area (Å²) in [6, 6.07) is 11.8. The van der Waals surface area contributed by atoms with Crippen LogP contribution in [0.3, 0.4) is 0 Å². The molecule has 1 heterocycles. The first-order valence-corrected chi connectivity index (χ1v) is 12.4. The van der Waals surface area contributed by atoms with E-state index in [0.29, 0.717) is 6.42 Å². The van der Waals surface area contributed by atoms with Crippen LogP contribution >= 0.6 is 0 Å². The molecule has 1 aliphatic heterocycles. The molecule has 8 N–H and O–H groups in total. The Morgan fingerprint density at radius 3 is 2.07 bits per heavy atom. The predicted molar refractivity (Wildman–Crippen MR) is 138 cm³/mol. The van der Waals surface area contributed by atoms with Crippen LogP contribution in [0.25, 0.3) is 0 Å². The highest BCUT2D eigenvalue weighted by atomic mass is 16.7. The third-order valence-corrected chi connectivity index (χ3v) is 6.45. The Balaban J connectivity index is 1.38. The third-order valence-electron chi connectivity index (χ3n) is 6.45. The van der Waals surface area contributed by atoms with Crippen molar-refractivity contribution < 1.29 is 64.7 Å². The van der Waals surface area contributed by atoms with E-state index in [9.17, 15) is 50.4 Å². The Hall–Kier alpha value is -4.56. The molecular formula is C28H28O13. The average molecular weight is 573 g/mol. The zero-order valence-electron chi connectivity index (χ0n) is 21.3. The van der Waals surface area contributed by atoms with E-state index in [-0.39, 0.29) is 34.8 Å². The van der Waals surface area contributed by atoms with Gasteiger partial charge in [-0.05, 0) is 48.4 Å². The fraction of sp³-hybridized carbons (Fsp3) is 0.286. The van der Waals surface area contributed by atoms with Crippen molar-refractivity contribution >= 4 is 11.8 Å². The SMILES string of the molecule is O=C(OC[C@H]1O[C@@H](Oc2ccc(C(=O)CCc3ccc(O)cc3)c(O)c2)[C@H](O)[C@@H](O)[C@H]1O)c1cc(O)c(O)c(O)c1. The number of benzene rings is 3. The van der Waals surface area contributed by atoms with Crippen molar-refractivity contribution in [2.75, 3.05) is 6.61 Å². The molecule has 41 heavy (non-hydrogen) atoms. The molecule has 1 aliphatic rings. The maximum atomic E-state index is 12.6. The summed E-state index contributed by atoms with van der Waals surface area (Å²) in [6.07, 6.45) is -7.77. The second-order valence-electron chi connectivity index (χ2n) is 9.36. The number of phenols is 5. The largest absolute Gasteiger partial charge is 0.508 e. The number of ketones is 1. The minimum absolute atomic E-state index is 0.0211. The van der Waals surface area contributed by atoms with Gasteiger partial charge in [0.25, 0.3) is 0 Å². The predicted octanol–water partition coefficient (Wildman–Crippen LogP) is 1.07. The van der Waals surface area contributed by atoms with E-state index in [1.54, 1.807) is 12.1 Å². The molecule has 1 fully saturated rings. The average Bonchev–Trinajstić information content (AvgIpc) is 2.94. The smallest absolute Gasteiger partial charge is 0.338 e. The number of aromatic hydroxyl groups is 5. The standard InChI is InChI=1S/C28H28O13/c29-15-4-1-13(2-5-15)3-8-18(30)17-7-6-16(11-19(17)31)40-28-26(37)25(36)24(35)22(41-28)12-39-27(38)14-9-20(32)23(34)21(33)10-14/h1-2,4-7,9-11,22,24-26,28-29,31-37H,3,8,12H2/t22-,24+,25+,26-,28-/m1/s1. The van der Waals surface area contributed by atoms with Gasteiger partial charge >= 0.3 is 5.97 Å². The third kappa shape index (κ3) is 6.78. The van der Waals surface area contributed by atoms with Crippen molar-refractivity contribution in [3.8, 4) is 34.5 Å². The number of carbonyl (C=O) groups excluding carboxylic acids is 2. The number of esters is 1. The van der Waals surface area contributed by atoms with Crippen LogP contribution in [0.5, 0.6) is 34.5 Å². The molecule has 4 rings (SSSR count). The molecule has 0 bridgehead atoms. The molecule has 13 nitrogen and oxygen atoms in total. The van der Waals surface area contributed by atoms with Gasteiger partial charge in [0, 0.05) is 12.5 Å². The summed E-state index contributed by atoms with van der Waals surface area (Å²) in [5, 5.41) is 79.3. The summed E-state index contributed by atoms with van der Waals surface area (Å²) in [4.78, 5) is 24.9. The van der Waals surface area contributed by atoms with Crippen molar-refractivity contribution in [3.63, 3.8) is 0 Å². The topological polar surface area (TPSA) is 224 Å². The second-order valence-corrected chi connectivity index (χ2v) is 9.36. The summed E-state index contributed by atoms with van der Waals surface area (Å²) >= 11 is 0. The van der Waals surface area contributed by atoms with Gasteiger partial charge in [-0.1, -0.05) is 12.1 Å². The van der Waals surface area contributed by atoms with Gasteiger partial charge in [-0.3, -0.25) is 4.79 Å². The summed E-state index contributed by atoms with van der Waals surface area (Å²) in [7, 11) is 0. The van der Waals surface area contributed by atoms with Gasteiger partial charge in [-0.15, -0.1) is 0 Å². The number of aliphatic hydroxyl groups excluding tert-OH is 3. The first-order valence-electron chi connectivity index (χ1n) is 12.4. The number of carbonyl (C=O) groups is 2. The number of hydrogen-bond donors (Lipinski definition) is 8. The van der Waals surface area contributed by atoms with E-state index in [2.05, 4.69) is 0 Å². The molecule has 0 radical (unpaired) electrons. The van der Waals surface area contributed by atoms with E-state index >= 15 is 0 Å². The second kappa shape index (κ2) is 12.3. The molecule has 0 aliphatic carbocycles. The Morgan fingerprint density at radius 1 is 0.780 bits per heavy atom. The van der Waals surface area contributed by atoms with Crippen LogP contribution in [0, 0.1) is 0 Å². The fourth-order valence-electron chi connectivity index (χ4n) is 4.12. The number of aliphatic hydroxyl groups is 3. The van der Waals surface area contributed by atoms with Crippen molar-refractivity contribution in [1.82, 2.24) is 0 Å². The van der Waals surface area contributed by atoms with Gasteiger partial charge < -0.3 is 55.1 Å². The molecule has 13 heteroatoms. The highest BCUT2D eigenvalue weighted by Crippen LogP contribution is 2.36. The van der Waals surface area contributed by atoms with Crippen molar-refractivity contribution in [3.05, 3.63) is 71.3 Å². The molecular weight excluding hydrogens is 544 g/mol. The number of hydrogen-bond acceptors (Lipinski definition) is 13. The summed E-state index contributed by atoms with van der Waals surface area (Å²) in [5.41, 5.74) is 0.511. The van der Waals surface area contributed by atoms with E-state index in [0.717, 1.165) is 23.8 Å². The maximum absolute atomic E-state index is 12.6. The van der Waals surface area contributed by atoms with Gasteiger partial charge in [0.05, 0.1) is 11.1 Å². The minimum atomic E-state index is -1.78. The lowest BCUT2D eigenvalue weighted by Gasteiger charge is -2.39. The lowest BCUT2D eigenvalue weighted by molar-refractivity contribution is -0.277. The van der Waals surface area contributed by atoms with E-state index in [1.807, 2.05) is 0 Å². The molecule has 0 saturated carbocycles. The summed E-state index contributed by atoms with van der Waals surface area (Å²) in [5.74, 6) is -4.15. The van der Waals surface area contributed by atoms with Crippen molar-refractivity contribution in [1.29, 1.82) is 0 Å². The highest BCUT2D eigenvalue weighted by Gasteiger charge is 2.45. The highest BCUT2D eigenvalue weighted by molar-refractivity contribution is 5.98. The quantitative estimate of drug-likeness (QED) is 0.102. The molecule has 3 aromatic rings. The Morgan fingerprint density at radius 2 is 1.44 bits per heavy atom. The van der Waals surface area contributed by atoms with Crippen LogP contribution in [0.4, 0.5) is 0 Å². The van der Waals surface area contributed by atoms with Crippen molar-refractivity contribution in [2.45, 2.75) is 43.5 Å². The first-order chi connectivity index (χ1) is 19.4. The van der Waals surface area contributed by atoms with Gasteiger partial charge in [-0.25, -0.2) is 4.79 Å². The minimum Gasteiger partial charge on any atom is -0.508 e. The van der Waals surface area contributed by atoms with E-state index in [1.165, 1.54) is 24.3 Å². The van der Waals surface area contributed by atoms with Crippen LogP contribution in [-0.4, -0.2) is 89.9 Å². The molecule has 5 atom stereocenters. The Labute approximate surface area is 232 Å². The maximum Gasteiger partial charge on any atom is 0.338 e. The normalized spacial score (nSPS) is 22.2. The van der Waals surface area contributed by atoms with E-state index in [4.69, 9.17) is 14.2 Å². The van der Waals surface area contributed by atoms with Gasteiger partial charge in [0.1, 0.15) is 48.3 Å². The molecule has 0 amide bonds. The van der Waals surface area contributed by atoms with Crippen LogP contribution in [0.2, 0.25) is 0 Å². The van der Waals surface area contributed by atoms with Crippen molar-refractivity contribution in [2.24, 2.45) is 0 Å². The number of rotatable bonds is 9. The molecule has 0 unspecified atom stereocenters. The Kier molecular flexibility index (Phi) is 8.83. The van der Waals surface area contributed by atoms with Crippen LogP contribution < -0.4 is 4.74 Å². The van der Waals surface area contributed by atoms with Crippen LogP contribution in [-0.2, 0) is 15.9 Å². The monoisotopic (exact) mass is 572 g/mol. The molecule has 0 spiro atoms. The number of phenolic OH excluding ortho intramolecular Hbond substituents is 5. The first kappa shape index (κ1) is 29.4. The van der Waals surface area contributed by atoms with Gasteiger partial charge in [0.15, 0.2) is 23.0 Å². The summed E-state index contributed by atoms with van der Waals surface area (Å²) < 4.78 is 16.0. The zero-order valence-corrected chi connectivity index (χ0v) is 21.3. The molecule has 1 saturated heterocycles. The van der Waals surface area contributed by atoms with Gasteiger partial charge in [0.2, 0.25) is 6.29 Å². The van der Waals surface area contributed by atoms with Gasteiger partial charge in [-0.2, -0.15) is 0 Å². The zero-order chi connectivity index (χ0) is 29.8. The fourth-order valence-corrected chi connectivity index (χ4v) is 4.12. The number of aryl methyl sites for hydroxylation is 1.